The molecule has 1 atom stereocenters. The highest BCUT2D eigenvalue weighted by molar-refractivity contribution is 5.93. The fourth-order valence-corrected chi connectivity index (χ4v) is 4.34. The van der Waals surface area contributed by atoms with Gasteiger partial charge in [0.1, 0.15) is 11.6 Å². The van der Waals surface area contributed by atoms with Crippen molar-refractivity contribution in [1.82, 2.24) is 24.8 Å². The van der Waals surface area contributed by atoms with Crippen molar-refractivity contribution in [3.8, 4) is 0 Å². The molecule has 0 spiro atoms. The van der Waals surface area contributed by atoms with Gasteiger partial charge in [0.2, 0.25) is 5.95 Å². The van der Waals surface area contributed by atoms with Crippen LogP contribution in [0.3, 0.4) is 0 Å². The van der Waals surface area contributed by atoms with Gasteiger partial charge in [0.15, 0.2) is 11.5 Å². The number of hydrazone groups is 1. The van der Waals surface area contributed by atoms with E-state index in [1.54, 1.807) is 16.0 Å². The van der Waals surface area contributed by atoms with Crippen LogP contribution in [0.15, 0.2) is 41.6 Å². The minimum atomic E-state index is -0.786. The number of carbonyl (C=O) groups is 2. The number of piperazine rings is 1. The Bertz CT molecular complexity index is 1190. The number of amides is 3. The molecule has 1 saturated heterocycles. The molecule has 3 aliphatic heterocycles. The number of carbonyl (C=O) groups excluding carboxylic acids is 2. The van der Waals surface area contributed by atoms with Gasteiger partial charge in [-0.2, -0.15) is 5.10 Å². The van der Waals surface area contributed by atoms with Gasteiger partial charge in [-0.05, 0) is 17.7 Å². The second kappa shape index (κ2) is 9.35. The van der Waals surface area contributed by atoms with Crippen molar-refractivity contribution in [2.75, 3.05) is 44.2 Å². The van der Waals surface area contributed by atoms with Gasteiger partial charge in [-0.25, -0.2) is 32.9 Å². The first kappa shape index (κ1) is 22.8. The van der Waals surface area contributed by atoms with Crippen LogP contribution in [0.25, 0.3) is 0 Å². The Labute approximate surface area is 199 Å². The molecule has 4 heterocycles. The lowest BCUT2D eigenvalue weighted by Gasteiger charge is -2.37. The second-order valence-electron chi connectivity index (χ2n) is 8.40. The fraction of sp³-hybridized carbons (Fsp3) is 0.348. The Morgan fingerprint density at radius 1 is 0.914 bits per heavy atom. The van der Waals surface area contributed by atoms with Gasteiger partial charge in [0.05, 0.1) is 12.2 Å². The molecular formula is C23H22F3N7O2. The first-order valence-corrected chi connectivity index (χ1v) is 11.2. The minimum Gasteiger partial charge on any atom is -0.337 e. The first-order valence-electron chi connectivity index (χ1n) is 11.2. The first-order chi connectivity index (χ1) is 16.9. The zero-order chi connectivity index (χ0) is 24.5. The van der Waals surface area contributed by atoms with Crippen LogP contribution in [0.2, 0.25) is 0 Å². The van der Waals surface area contributed by atoms with Crippen molar-refractivity contribution in [3.05, 3.63) is 65.3 Å². The molecule has 3 aliphatic rings. The van der Waals surface area contributed by atoms with Crippen molar-refractivity contribution in [3.63, 3.8) is 0 Å². The average Bonchev–Trinajstić information content (AvgIpc) is 3.56. The average molecular weight is 485 g/mol. The highest BCUT2D eigenvalue weighted by atomic mass is 19.1. The monoisotopic (exact) mass is 485 g/mol. The van der Waals surface area contributed by atoms with Crippen molar-refractivity contribution < 1.29 is 22.8 Å². The summed E-state index contributed by atoms with van der Waals surface area (Å²) in [6.07, 6.45) is 6.53. The van der Waals surface area contributed by atoms with Gasteiger partial charge in [-0.15, -0.1) is 0 Å². The van der Waals surface area contributed by atoms with Crippen LogP contribution in [-0.4, -0.2) is 82.2 Å². The number of urea groups is 1. The molecule has 0 saturated carbocycles. The fourth-order valence-electron chi connectivity index (χ4n) is 4.34. The summed E-state index contributed by atoms with van der Waals surface area (Å²) in [6.45, 7) is 2.12. The number of hydrogen-bond acceptors (Lipinski definition) is 6. The summed E-state index contributed by atoms with van der Waals surface area (Å²) in [7, 11) is 0. The van der Waals surface area contributed by atoms with Crippen molar-refractivity contribution in [2.24, 2.45) is 5.10 Å². The van der Waals surface area contributed by atoms with Gasteiger partial charge in [0.25, 0.3) is 5.91 Å². The minimum absolute atomic E-state index is 0.210. The van der Waals surface area contributed by atoms with E-state index in [0.717, 1.165) is 12.3 Å². The number of benzene rings is 1. The molecule has 9 nitrogen and oxygen atoms in total. The number of anilines is 1. The van der Waals surface area contributed by atoms with E-state index in [9.17, 15) is 22.8 Å². The third-order valence-corrected chi connectivity index (χ3v) is 6.17. The zero-order valence-electron chi connectivity index (χ0n) is 18.6. The van der Waals surface area contributed by atoms with E-state index in [2.05, 4.69) is 15.1 Å². The quantitative estimate of drug-likeness (QED) is 0.624. The summed E-state index contributed by atoms with van der Waals surface area (Å²) in [4.78, 5) is 38.8. The maximum atomic E-state index is 14.3. The molecule has 182 valence electrons. The van der Waals surface area contributed by atoms with Crippen LogP contribution in [-0.2, 0) is 0 Å². The Balaban J connectivity index is 1.25. The van der Waals surface area contributed by atoms with E-state index in [0.29, 0.717) is 51.3 Å². The molecule has 0 unspecified atom stereocenters. The smallest absolute Gasteiger partial charge is 0.337 e. The van der Waals surface area contributed by atoms with Crippen LogP contribution in [0, 0.1) is 17.5 Å². The third kappa shape index (κ3) is 4.55. The molecule has 1 aromatic heterocycles. The van der Waals surface area contributed by atoms with E-state index in [1.165, 1.54) is 22.0 Å². The molecule has 1 fully saturated rings. The second-order valence-corrected chi connectivity index (χ2v) is 8.40. The maximum absolute atomic E-state index is 14.3. The molecule has 0 radical (unpaired) electrons. The number of hydrogen-bond donors (Lipinski definition) is 0. The van der Waals surface area contributed by atoms with Gasteiger partial charge < -0.3 is 14.7 Å². The molecule has 35 heavy (non-hydrogen) atoms. The third-order valence-electron chi connectivity index (χ3n) is 6.17. The highest BCUT2D eigenvalue weighted by Crippen LogP contribution is 2.30. The molecule has 2 aromatic rings. The molecule has 0 N–H and O–H groups in total. The van der Waals surface area contributed by atoms with Crippen LogP contribution >= 0.6 is 0 Å². The van der Waals surface area contributed by atoms with E-state index in [-0.39, 0.29) is 17.7 Å². The van der Waals surface area contributed by atoms with Crippen LogP contribution < -0.4 is 4.90 Å². The molecule has 3 amide bonds. The predicted molar refractivity (Wildman–Crippen MR) is 120 cm³/mol. The Hall–Kier alpha value is -3.96. The normalized spacial score (nSPS) is 19.7. The van der Waals surface area contributed by atoms with Crippen molar-refractivity contribution >= 4 is 24.1 Å². The van der Waals surface area contributed by atoms with Crippen LogP contribution in [0.1, 0.15) is 28.5 Å². The van der Waals surface area contributed by atoms with Crippen LogP contribution in [0.5, 0.6) is 0 Å². The van der Waals surface area contributed by atoms with Gasteiger partial charge in [0, 0.05) is 58.0 Å². The predicted octanol–water partition coefficient (Wildman–Crippen LogP) is 2.58. The number of nitrogens with zero attached hydrogens (tertiary/aromatic N) is 7. The van der Waals surface area contributed by atoms with E-state index >= 15 is 0 Å². The Kier molecular flexibility index (Phi) is 6.10. The SMILES string of the molecule is O=C(c1nc(N2CCN(C(=O)N3N=CC[C@H]3c3cc(F)cc(F)c3)CC2)ncc1F)N1CC=CC1. The van der Waals surface area contributed by atoms with Crippen molar-refractivity contribution in [2.45, 2.75) is 12.5 Å². The van der Waals surface area contributed by atoms with Gasteiger partial charge in [-0.3, -0.25) is 4.79 Å². The van der Waals surface area contributed by atoms with E-state index < -0.39 is 29.4 Å². The molecule has 0 aliphatic carbocycles. The summed E-state index contributed by atoms with van der Waals surface area (Å²) in [5.41, 5.74) is 0.0471. The van der Waals surface area contributed by atoms with E-state index in [1.807, 2.05) is 12.2 Å². The molecular weight excluding hydrogens is 463 g/mol. The lowest BCUT2D eigenvalue weighted by molar-refractivity contribution is 0.0789. The standard InChI is InChI=1S/C23H22F3N7O2/c24-16-11-15(12-17(25)13-16)19-3-4-28-33(19)23(35)32-9-7-31(8-10-32)22-27-14-18(26)20(29-22)21(34)30-5-1-2-6-30/h1-2,4,11-14,19H,3,5-10H2/t19-/m0/s1. The molecule has 5 rings (SSSR count). The molecule has 12 heteroatoms. The molecule has 0 bridgehead atoms. The molecule has 1 aromatic carbocycles. The van der Waals surface area contributed by atoms with Crippen LogP contribution in [0.4, 0.5) is 23.9 Å². The van der Waals surface area contributed by atoms with Gasteiger partial charge >= 0.3 is 6.03 Å². The largest absolute Gasteiger partial charge is 0.341 e. The van der Waals surface area contributed by atoms with E-state index in [4.69, 9.17) is 0 Å². The highest BCUT2D eigenvalue weighted by Gasteiger charge is 2.34. The lowest BCUT2D eigenvalue weighted by atomic mass is 10.0. The number of rotatable bonds is 3. The summed E-state index contributed by atoms with van der Waals surface area (Å²) < 4.78 is 41.7. The summed E-state index contributed by atoms with van der Waals surface area (Å²) in [5, 5.41) is 5.36. The lowest BCUT2D eigenvalue weighted by Crippen LogP contribution is -2.52. The maximum Gasteiger partial charge on any atom is 0.341 e. The summed E-state index contributed by atoms with van der Waals surface area (Å²) in [6, 6.07) is 2.20. The Morgan fingerprint density at radius 3 is 2.29 bits per heavy atom. The van der Waals surface area contributed by atoms with Crippen molar-refractivity contribution in [1.29, 1.82) is 0 Å². The number of halogens is 3. The zero-order valence-corrected chi connectivity index (χ0v) is 18.6. The topological polar surface area (TPSA) is 85.2 Å². The summed E-state index contributed by atoms with van der Waals surface area (Å²) in [5.74, 6) is -2.51. The van der Waals surface area contributed by atoms with Gasteiger partial charge in [-0.1, -0.05) is 12.2 Å². The summed E-state index contributed by atoms with van der Waals surface area (Å²) >= 11 is 0. The Morgan fingerprint density at radius 2 is 1.60 bits per heavy atom. The number of aromatic nitrogens is 2.